The lowest BCUT2D eigenvalue weighted by Gasteiger charge is -2.29. The number of carbonyl (C=O) groups is 1. The summed E-state index contributed by atoms with van der Waals surface area (Å²) in [5.41, 5.74) is 1.71. The van der Waals surface area contributed by atoms with E-state index >= 15 is 0 Å². The fraction of sp³-hybridized carbons (Fsp3) is 0.458. The van der Waals surface area contributed by atoms with E-state index in [2.05, 4.69) is 12.2 Å². The van der Waals surface area contributed by atoms with Crippen LogP contribution < -0.4 is 19.7 Å². The van der Waals surface area contributed by atoms with E-state index in [0.717, 1.165) is 43.6 Å². The minimum Gasteiger partial charge on any atom is -0.493 e. The molecule has 2 heterocycles. The van der Waals surface area contributed by atoms with Gasteiger partial charge in [0.25, 0.3) is 0 Å². The molecule has 2 aliphatic heterocycles. The number of halogens is 2. The van der Waals surface area contributed by atoms with E-state index in [1.54, 1.807) is 19.2 Å². The smallest absolute Gasteiger partial charge is 0.234 e. The van der Waals surface area contributed by atoms with Crippen LogP contribution in [0.25, 0.3) is 0 Å². The quantitative estimate of drug-likeness (QED) is 0.633. The van der Waals surface area contributed by atoms with E-state index in [1.807, 2.05) is 29.2 Å². The van der Waals surface area contributed by atoms with Gasteiger partial charge in [-0.1, -0.05) is 29.3 Å². The highest BCUT2D eigenvalue weighted by molar-refractivity contribution is 6.42. The van der Waals surface area contributed by atoms with Crippen molar-refractivity contribution in [2.75, 3.05) is 31.6 Å². The number of hydrogen-bond donors (Lipinski definition) is 1. The monoisotopic (exact) mass is 462 g/mol. The first-order valence-corrected chi connectivity index (χ1v) is 11.5. The van der Waals surface area contributed by atoms with Crippen LogP contribution in [-0.2, 0) is 4.79 Å². The molecule has 2 fully saturated rings. The van der Waals surface area contributed by atoms with E-state index < -0.39 is 0 Å². The lowest BCUT2D eigenvalue weighted by atomic mass is 9.94. The van der Waals surface area contributed by atoms with Gasteiger partial charge in [-0.15, -0.1) is 0 Å². The lowest BCUT2D eigenvalue weighted by molar-refractivity contribution is -0.118. The molecule has 2 aromatic rings. The van der Waals surface area contributed by atoms with Gasteiger partial charge in [-0.2, -0.15) is 0 Å². The first-order valence-electron chi connectivity index (χ1n) is 10.8. The molecule has 2 aliphatic rings. The molecule has 0 radical (unpaired) electrons. The van der Waals surface area contributed by atoms with Gasteiger partial charge in [-0.3, -0.25) is 4.79 Å². The average Bonchev–Trinajstić information content (AvgIpc) is 3.17. The Kier molecular flexibility index (Phi) is 6.95. The summed E-state index contributed by atoms with van der Waals surface area (Å²) in [4.78, 5) is 15.0. The Morgan fingerprint density at radius 2 is 1.94 bits per heavy atom. The summed E-state index contributed by atoms with van der Waals surface area (Å²) in [6, 6.07) is 11.1. The molecule has 0 saturated carbocycles. The van der Waals surface area contributed by atoms with Crippen LogP contribution in [0.15, 0.2) is 36.4 Å². The zero-order valence-corrected chi connectivity index (χ0v) is 19.4. The predicted octanol–water partition coefficient (Wildman–Crippen LogP) is 5.29. The molecular weight excluding hydrogens is 435 g/mol. The van der Waals surface area contributed by atoms with Gasteiger partial charge in [-0.25, -0.2) is 0 Å². The predicted molar refractivity (Wildman–Crippen MR) is 125 cm³/mol. The number of benzene rings is 2. The minimum absolute atomic E-state index is 0.0511. The van der Waals surface area contributed by atoms with Gasteiger partial charge in [0.2, 0.25) is 5.91 Å². The number of hydrogen-bond acceptors (Lipinski definition) is 4. The third-order valence-corrected chi connectivity index (χ3v) is 7.06. The van der Waals surface area contributed by atoms with E-state index in [9.17, 15) is 4.79 Å². The number of amides is 1. The Labute approximate surface area is 193 Å². The fourth-order valence-electron chi connectivity index (χ4n) is 4.48. The van der Waals surface area contributed by atoms with Gasteiger partial charge in [0.15, 0.2) is 11.5 Å². The van der Waals surface area contributed by atoms with Crippen LogP contribution in [0.4, 0.5) is 5.69 Å². The Hall–Kier alpha value is -1.95. The Morgan fingerprint density at radius 3 is 2.65 bits per heavy atom. The van der Waals surface area contributed by atoms with E-state index in [0.29, 0.717) is 34.0 Å². The number of nitrogens with one attached hydrogen (secondary N) is 1. The third-order valence-electron chi connectivity index (χ3n) is 6.32. The molecule has 7 heteroatoms. The number of nitrogens with zero attached hydrogens (tertiary/aromatic N) is 1. The van der Waals surface area contributed by atoms with Gasteiger partial charge in [0.1, 0.15) is 6.10 Å². The molecule has 1 amide bonds. The number of carbonyl (C=O) groups excluding carboxylic acids is 1. The highest BCUT2D eigenvalue weighted by Gasteiger charge is 2.34. The first-order chi connectivity index (χ1) is 15.0. The average molecular weight is 463 g/mol. The summed E-state index contributed by atoms with van der Waals surface area (Å²) >= 11 is 12.2. The summed E-state index contributed by atoms with van der Waals surface area (Å²) in [5, 5.41) is 4.40. The summed E-state index contributed by atoms with van der Waals surface area (Å²) in [6.45, 7) is 4.76. The van der Waals surface area contributed by atoms with Crippen LogP contribution >= 0.6 is 23.2 Å². The molecule has 0 aliphatic carbocycles. The van der Waals surface area contributed by atoms with E-state index in [1.165, 1.54) is 0 Å². The fourth-order valence-corrected chi connectivity index (χ4v) is 4.78. The van der Waals surface area contributed by atoms with Crippen molar-refractivity contribution in [3.8, 4) is 11.5 Å². The molecule has 31 heavy (non-hydrogen) atoms. The largest absolute Gasteiger partial charge is 0.493 e. The molecular formula is C24H28Cl2N2O3. The van der Waals surface area contributed by atoms with Crippen molar-refractivity contribution in [2.24, 2.45) is 5.92 Å². The minimum atomic E-state index is -0.228. The maximum Gasteiger partial charge on any atom is 0.234 e. The summed E-state index contributed by atoms with van der Waals surface area (Å²) in [5.74, 6) is 1.62. The number of methoxy groups -OCH3 is 1. The van der Waals surface area contributed by atoms with Crippen LogP contribution in [-0.4, -0.2) is 38.8 Å². The van der Waals surface area contributed by atoms with Crippen LogP contribution in [0.2, 0.25) is 10.0 Å². The summed E-state index contributed by atoms with van der Waals surface area (Å²) in [7, 11) is 1.63. The second-order valence-electron chi connectivity index (χ2n) is 8.27. The highest BCUT2D eigenvalue weighted by atomic mass is 35.5. The molecule has 0 aromatic heterocycles. The molecule has 3 atom stereocenters. The molecule has 1 N–H and O–H groups in total. The lowest BCUT2D eigenvalue weighted by Crippen LogP contribution is -2.38. The molecule has 4 rings (SSSR count). The normalized spacial score (nSPS) is 22.5. The maximum atomic E-state index is 13.2. The van der Waals surface area contributed by atoms with Crippen molar-refractivity contribution < 1.29 is 14.3 Å². The zero-order chi connectivity index (χ0) is 22.0. The molecule has 166 valence electrons. The number of rotatable bonds is 6. The molecule has 2 aromatic carbocycles. The number of ether oxygens (including phenoxy) is 2. The van der Waals surface area contributed by atoms with E-state index in [4.69, 9.17) is 32.7 Å². The maximum absolute atomic E-state index is 13.2. The standard InChI is InChI=1S/C24H28Cl2N2O3/c1-15(17-4-3-10-27-14-17)31-23-13-18(6-8-22(23)30-2)28-11-9-19(24(28)29)16-5-7-20(25)21(26)12-16/h5-8,12-13,15,17,19,27H,3-4,9-11,14H2,1-2H3. The Morgan fingerprint density at radius 1 is 1.10 bits per heavy atom. The van der Waals surface area contributed by atoms with Gasteiger partial charge >= 0.3 is 0 Å². The zero-order valence-electron chi connectivity index (χ0n) is 17.9. The van der Waals surface area contributed by atoms with Crippen LogP contribution in [0.5, 0.6) is 11.5 Å². The van der Waals surface area contributed by atoms with Crippen molar-refractivity contribution in [3.63, 3.8) is 0 Å². The second kappa shape index (κ2) is 9.68. The SMILES string of the molecule is COc1ccc(N2CCC(c3ccc(Cl)c(Cl)c3)C2=O)cc1OC(C)C1CCCNC1. The summed E-state index contributed by atoms with van der Waals surface area (Å²) < 4.78 is 11.8. The van der Waals surface area contributed by atoms with Crippen molar-refractivity contribution in [3.05, 3.63) is 52.0 Å². The van der Waals surface area contributed by atoms with Crippen molar-refractivity contribution in [1.29, 1.82) is 0 Å². The van der Waals surface area contributed by atoms with Gasteiger partial charge < -0.3 is 19.7 Å². The van der Waals surface area contributed by atoms with Crippen LogP contribution in [0, 0.1) is 5.92 Å². The second-order valence-corrected chi connectivity index (χ2v) is 9.08. The van der Waals surface area contributed by atoms with Gasteiger partial charge in [0, 0.05) is 30.8 Å². The third kappa shape index (κ3) is 4.79. The Bertz CT molecular complexity index is 946. The van der Waals surface area contributed by atoms with Gasteiger partial charge in [-0.05, 0) is 62.6 Å². The van der Waals surface area contributed by atoms with Gasteiger partial charge in [0.05, 0.1) is 23.1 Å². The first kappa shape index (κ1) is 22.3. The van der Waals surface area contributed by atoms with Crippen molar-refractivity contribution >= 4 is 34.8 Å². The van der Waals surface area contributed by atoms with Crippen molar-refractivity contribution in [2.45, 2.75) is 38.2 Å². The topological polar surface area (TPSA) is 50.8 Å². The Balaban J connectivity index is 1.53. The van der Waals surface area contributed by atoms with Crippen LogP contribution in [0.1, 0.15) is 37.7 Å². The summed E-state index contributed by atoms with van der Waals surface area (Å²) in [6.07, 6.45) is 3.08. The van der Waals surface area contributed by atoms with E-state index in [-0.39, 0.29) is 17.9 Å². The molecule has 0 bridgehead atoms. The molecule has 2 saturated heterocycles. The number of piperidine rings is 1. The number of anilines is 1. The highest BCUT2D eigenvalue weighted by Crippen LogP contribution is 2.38. The molecule has 3 unspecified atom stereocenters. The van der Waals surface area contributed by atoms with Crippen molar-refractivity contribution in [1.82, 2.24) is 5.32 Å². The van der Waals surface area contributed by atoms with Crippen LogP contribution in [0.3, 0.4) is 0 Å². The molecule has 5 nitrogen and oxygen atoms in total. The molecule has 0 spiro atoms.